The topological polar surface area (TPSA) is 332 Å². The van der Waals surface area contributed by atoms with Crippen LogP contribution < -0.4 is 0 Å². The van der Waals surface area contributed by atoms with E-state index in [1.807, 2.05) is 0 Å². The van der Waals surface area contributed by atoms with E-state index >= 15 is 0 Å². The molecule has 8 N–H and O–H groups in total. The third-order valence-corrected chi connectivity index (χ3v) is 14.3. The summed E-state index contributed by atoms with van der Waals surface area (Å²) < 4.78 is 67.5. The Bertz CT molecular complexity index is 1690. The van der Waals surface area contributed by atoms with E-state index in [0.29, 0.717) is 32.1 Å². The normalized spacial score (nSPS) is 36.3. The van der Waals surface area contributed by atoms with Gasteiger partial charge >= 0.3 is 17.9 Å². The summed E-state index contributed by atoms with van der Waals surface area (Å²) in [6, 6.07) is 0. The zero-order valence-electron chi connectivity index (χ0n) is 45.7. The van der Waals surface area contributed by atoms with Crippen molar-refractivity contribution in [1.82, 2.24) is 0 Å². The molecule has 21 atom stereocenters. The molecule has 4 aliphatic rings. The molecule has 4 aliphatic heterocycles. The number of hydrogen-bond acceptors (Lipinski definition) is 23. The van der Waals surface area contributed by atoms with Gasteiger partial charge in [0.05, 0.1) is 31.5 Å². The first-order chi connectivity index (χ1) is 36.3. The molecule has 0 saturated carbocycles. The zero-order chi connectivity index (χ0) is 56.1. The van der Waals surface area contributed by atoms with Crippen LogP contribution in [0.5, 0.6) is 0 Å². The molecule has 0 aromatic carbocycles. The number of aliphatic hydroxyl groups is 8. The van der Waals surface area contributed by atoms with E-state index in [2.05, 4.69) is 6.92 Å². The number of Topliss-reactive ketones (excluding diaryl/α,β-unsaturated/α-hetero) is 1. The van der Waals surface area contributed by atoms with Gasteiger partial charge in [-0.1, -0.05) is 91.4 Å². The lowest BCUT2D eigenvalue weighted by molar-refractivity contribution is -0.397. The van der Waals surface area contributed by atoms with E-state index in [0.717, 1.165) is 84.0 Å². The smallest absolute Gasteiger partial charge is 0.306 e. The van der Waals surface area contributed by atoms with Gasteiger partial charge in [0.1, 0.15) is 66.8 Å². The molecule has 0 bridgehead atoms. The van der Waals surface area contributed by atoms with Gasteiger partial charge in [-0.25, -0.2) is 0 Å². The average molecular weight is 1100 g/mol. The van der Waals surface area contributed by atoms with Crippen molar-refractivity contribution in [2.45, 2.75) is 299 Å². The lowest BCUT2D eigenvalue weighted by Crippen LogP contribution is -2.68. The van der Waals surface area contributed by atoms with Crippen molar-refractivity contribution in [3.63, 3.8) is 0 Å². The minimum absolute atomic E-state index is 0.0480. The van der Waals surface area contributed by atoms with E-state index in [-0.39, 0.29) is 18.6 Å². The van der Waals surface area contributed by atoms with Crippen LogP contribution in [0.3, 0.4) is 0 Å². The molecule has 21 unspecified atom stereocenters. The van der Waals surface area contributed by atoms with Crippen molar-refractivity contribution in [1.29, 1.82) is 0 Å². The molecule has 23 heteroatoms. The number of esters is 3. The van der Waals surface area contributed by atoms with Crippen LogP contribution in [0.25, 0.3) is 0 Å². The Balaban J connectivity index is 1.79. The molecule has 0 aromatic rings. The van der Waals surface area contributed by atoms with Gasteiger partial charge in [-0.3, -0.25) is 14.4 Å². The fraction of sp³-hybridized carbons (Fsp3) is 0.925. The molecule has 0 radical (unpaired) electrons. The minimum Gasteiger partial charge on any atom is -0.456 e. The third kappa shape index (κ3) is 19.9. The summed E-state index contributed by atoms with van der Waals surface area (Å²) in [5.74, 6) is -2.34. The first-order valence-electron chi connectivity index (χ1n) is 27.9. The summed E-state index contributed by atoms with van der Waals surface area (Å²) in [6.07, 6.45) is -19.7. The van der Waals surface area contributed by atoms with Crippen molar-refractivity contribution in [2.75, 3.05) is 13.2 Å². The first-order valence-corrected chi connectivity index (χ1v) is 27.9. The molecule has 4 heterocycles. The standard InChI is InChI=1S/C53H92O23/c1-8-11-12-13-14-17-20-25-33(26-21-18-15-16-19-24-29(4)55)70-52-47(42(63)40(61)34(27-54)71-52)75-53-49(76-51-44(65)46(39(60)31(6)68-51)73-36(57)22-9-2)48(74-37(58)23-10-3)45(69-32(7)56)35(72-53)28-66-50-43(64)41(62)38(59)30(5)67-50/h30-31,33-35,38-54,59-65H,8-28H2,1-7H3. The summed E-state index contributed by atoms with van der Waals surface area (Å²) >= 11 is 0. The summed E-state index contributed by atoms with van der Waals surface area (Å²) in [4.78, 5) is 51.0. The zero-order valence-corrected chi connectivity index (χ0v) is 45.7. The Morgan fingerprint density at radius 3 is 1.58 bits per heavy atom. The second kappa shape index (κ2) is 33.9. The predicted octanol–water partition coefficient (Wildman–Crippen LogP) is 2.43. The molecule has 0 amide bonds. The molecule has 0 spiro atoms. The van der Waals surface area contributed by atoms with Crippen LogP contribution in [0.4, 0.5) is 0 Å². The van der Waals surface area contributed by atoms with Crippen molar-refractivity contribution >= 4 is 23.7 Å². The first kappa shape index (κ1) is 66.0. The minimum atomic E-state index is -1.92. The van der Waals surface area contributed by atoms with E-state index in [1.165, 1.54) is 13.8 Å². The highest BCUT2D eigenvalue weighted by atomic mass is 16.8. The summed E-state index contributed by atoms with van der Waals surface area (Å²) in [5, 5.41) is 88.6. The van der Waals surface area contributed by atoms with Crippen LogP contribution in [-0.4, -0.2) is 207 Å². The second-order valence-corrected chi connectivity index (χ2v) is 20.8. The fourth-order valence-electron chi connectivity index (χ4n) is 9.85. The Kier molecular flexibility index (Phi) is 29.4. The van der Waals surface area contributed by atoms with Crippen molar-refractivity contribution < 1.29 is 112 Å². The Hall–Kier alpha value is -2.56. The maximum atomic E-state index is 13.7. The highest BCUT2D eigenvalue weighted by Gasteiger charge is 2.58. The van der Waals surface area contributed by atoms with Crippen LogP contribution >= 0.6 is 0 Å². The molecule has 4 fully saturated rings. The molecule has 0 aromatic heterocycles. The van der Waals surface area contributed by atoms with Crippen molar-refractivity contribution in [3.8, 4) is 0 Å². The van der Waals surface area contributed by atoms with Gasteiger partial charge in [-0.2, -0.15) is 0 Å². The van der Waals surface area contributed by atoms with Gasteiger partial charge in [0.15, 0.2) is 49.6 Å². The average Bonchev–Trinajstić information content (AvgIpc) is 3.37. The van der Waals surface area contributed by atoms with Gasteiger partial charge in [0, 0.05) is 26.2 Å². The molecule has 0 aliphatic carbocycles. The van der Waals surface area contributed by atoms with Gasteiger partial charge in [0.2, 0.25) is 0 Å². The molecule has 4 saturated heterocycles. The number of ketones is 1. The maximum Gasteiger partial charge on any atom is 0.306 e. The predicted molar refractivity (Wildman–Crippen MR) is 266 cm³/mol. The molecule has 23 nitrogen and oxygen atoms in total. The second-order valence-electron chi connectivity index (χ2n) is 20.8. The number of carbonyl (C=O) groups excluding carboxylic acids is 4. The van der Waals surface area contributed by atoms with Crippen molar-refractivity contribution in [3.05, 3.63) is 0 Å². The fourth-order valence-corrected chi connectivity index (χ4v) is 9.85. The van der Waals surface area contributed by atoms with Crippen molar-refractivity contribution in [2.24, 2.45) is 0 Å². The lowest BCUT2D eigenvalue weighted by Gasteiger charge is -2.50. The number of rotatable bonds is 33. The number of aliphatic hydroxyl groups excluding tert-OH is 8. The van der Waals surface area contributed by atoms with Gasteiger partial charge in [-0.05, 0) is 52.9 Å². The van der Waals surface area contributed by atoms with Gasteiger partial charge in [-0.15, -0.1) is 0 Å². The van der Waals surface area contributed by atoms with E-state index in [4.69, 9.17) is 52.1 Å². The molecule has 442 valence electrons. The highest BCUT2D eigenvalue weighted by molar-refractivity contribution is 5.75. The molecule has 76 heavy (non-hydrogen) atoms. The number of ether oxygens (including phenoxy) is 11. The van der Waals surface area contributed by atoms with E-state index in [1.54, 1.807) is 20.8 Å². The molecular formula is C53H92O23. The number of carbonyl (C=O) groups is 4. The number of hydrogen-bond donors (Lipinski definition) is 8. The summed E-state index contributed by atoms with van der Waals surface area (Å²) in [6.45, 7) is 9.69. The summed E-state index contributed by atoms with van der Waals surface area (Å²) in [7, 11) is 0. The Labute approximate surface area is 447 Å². The SMILES string of the molecule is CCCCCCCCCC(CCCCCCCC(C)=O)OC1OC(CO)C(O)C(O)C1OC1OC(COC2OC(C)C(O)C(O)C2O)C(OC(C)=O)C(OC(=O)CCC)C1OC1OC(C)C(O)C(OC(=O)CCC)C1O. The number of unbranched alkanes of at least 4 members (excludes halogenated alkanes) is 10. The highest BCUT2D eigenvalue weighted by Crippen LogP contribution is 2.38. The summed E-state index contributed by atoms with van der Waals surface area (Å²) in [5.41, 5.74) is 0. The largest absolute Gasteiger partial charge is 0.456 e. The quantitative estimate of drug-likeness (QED) is 0.0266. The monoisotopic (exact) mass is 1100 g/mol. The van der Waals surface area contributed by atoms with Crippen LogP contribution in [0, 0.1) is 0 Å². The van der Waals surface area contributed by atoms with E-state index < -0.39 is 160 Å². The van der Waals surface area contributed by atoms with Crippen LogP contribution in [0.2, 0.25) is 0 Å². The third-order valence-electron chi connectivity index (χ3n) is 14.3. The molecule has 4 rings (SSSR count). The molecular weight excluding hydrogens is 1000 g/mol. The van der Waals surface area contributed by atoms with Gasteiger partial charge < -0.3 is 97.8 Å². The lowest BCUT2D eigenvalue weighted by atomic mass is 9.95. The van der Waals surface area contributed by atoms with Gasteiger partial charge in [0.25, 0.3) is 0 Å². The maximum absolute atomic E-state index is 13.7. The van der Waals surface area contributed by atoms with E-state index in [9.17, 15) is 60.0 Å². The Morgan fingerprint density at radius 1 is 0.461 bits per heavy atom. The van der Waals surface area contributed by atoms with Crippen LogP contribution in [0.15, 0.2) is 0 Å². The van der Waals surface area contributed by atoms with Crippen LogP contribution in [-0.2, 0) is 71.3 Å². The Morgan fingerprint density at radius 2 is 1.00 bits per heavy atom. The van der Waals surface area contributed by atoms with Crippen LogP contribution in [0.1, 0.15) is 170 Å².